The largest absolute Gasteiger partial charge is 0.179 e. The molecule has 0 spiro atoms. The van der Waals surface area contributed by atoms with Gasteiger partial charge in [-0.05, 0) is 11.5 Å². The molecule has 0 rings (SSSR count). The van der Waals surface area contributed by atoms with E-state index in [-0.39, 0.29) is 0 Å². The van der Waals surface area contributed by atoms with Crippen molar-refractivity contribution in [2.24, 2.45) is 0 Å². The van der Waals surface area contributed by atoms with Crippen molar-refractivity contribution in [3.63, 3.8) is 0 Å². The molecule has 112 valence electrons. The molecule has 0 bridgehead atoms. The summed E-state index contributed by atoms with van der Waals surface area (Å²) in [6.07, 6.45) is 0. The summed E-state index contributed by atoms with van der Waals surface area (Å²) in [6, 6.07) is 0. The smallest absolute Gasteiger partial charge is 0.0362 e. The standard InChI is InChI=1S/C6H14S4.C4H10S4/c7-1-3-9-5-6-10-4-2-8;5-3-7-1-2-8-4-6/h7-8H,1-6H2;5-6H,1-4H2. The average Bonchev–Trinajstić information content (AvgIpc) is 2.40. The van der Waals surface area contributed by atoms with Crippen LogP contribution < -0.4 is 0 Å². The van der Waals surface area contributed by atoms with Crippen LogP contribution in [0.1, 0.15) is 0 Å². The van der Waals surface area contributed by atoms with Crippen molar-refractivity contribution in [1.82, 2.24) is 0 Å². The third kappa shape index (κ3) is 27.2. The first kappa shape index (κ1) is 23.1. The van der Waals surface area contributed by atoms with Crippen molar-refractivity contribution in [3.05, 3.63) is 0 Å². The van der Waals surface area contributed by atoms with Gasteiger partial charge in [-0.2, -0.15) is 97.6 Å². The molecule has 0 fully saturated rings. The lowest BCUT2D eigenvalue weighted by atomic mass is 10.9. The Morgan fingerprint density at radius 1 is 0.444 bits per heavy atom. The first-order chi connectivity index (χ1) is 8.83. The highest BCUT2D eigenvalue weighted by atomic mass is 32.2. The van der Waals surface area contributed by atoms with Crippen LogP contribution in [0.15, 0.2) is 0 Å². The molecular formula is C10H24S8. The van der Waals surface area contributed by atoms with Gasteiger partial charge in [0.25, 0.3) is 0 Å². The van der Waals surface area contributed by atoms with Crippen molar-refractivity contribution >= 4 is 97.6 Å². The molecular weight excluding hydrogens is 377 g/mol. The number of thioether (sulfide) groups is 4. The quantitative estimate of drug-likeness (QED) is 0.216. The highest BCUT2D eigenvalue weighted by Crippen LogP contribution is 2.08. The van der Waals surface area contributed by atoms with Crippen molar-refractivity contribution in [2.45, 2.75) is 0 Å². The van der Waals surface area contributed by atoms with E-state index in [1.54, 1.807) is 0 Å². The van der Waals surface area contributed by atoms with Gasteiger partial charge in [0.2, 0.25) is 0 Å². The minimum Gasteiger partial charge on any atom is -0.179 e. The molecule has 0 saturated carbocycles. The Labute approximate surface area is 152 Å². The van der Waals surface area contributed by atoms with Crippen LogP contribution in [0.25, 0.3) is 0 Å². The maximum atomic E-state index is 4.12. The summed E-state index contributed by atoms with van der Waals surface area (Å²) in [5, 5.41) is 1.88. The fourth-order valence-electron chi connectivity index (χ4n) is 0.698. The van der Waals surface area contributed by atoms with Crippen molar-refractivity contribution in [3.8, 4) is 0 Å². The zero-order chi connectivity index (χ0) is 13.9. The predicted molar refractivity (Wildman–Crippen MR) is 115 cm³/mol. The number of hydrogen-bond acceptors (Lipinski definition) is 8. The molecule has 0 radical (unpaired) electrons. The van der Waals surface area contributed by atoms with Crippen molar-refractivity contribution in [2.75, 3.05) is 56.2 Å². The lowest BCUT2D eigenvalue weighted by Crippen LogP contribution is -1.89. The van der Waals surface area contributed by atoms with Gasteiger partial charge < -0.3 is 0 Å². The van der Waals surface area contributed by atoms with Gasteiger partial charge in [-0.25, -0.2) is 0 Å². The van der Waals surface area contributed by atoms with Gasteiger partial charge >= 0.3 is 0 Å². The zero-order valence-corrected chi connectivity index (χ0v) is 17.3. The average molecular weight is 401 g/mol. The molecule has 8 heteroatoms. The third-order valence-electron chi connectivity index (χ3n) is 1.40. The minimum atomic E-state index is 0.938. The lowest BCUT2D eigenvalue weighted by Gasteiger charge is -1.97. The zero-order valence-electron chi connectivity index (χ0n) is 10.5. The molecule has 0 aliphatic heterocycles. The molecule has 0 aromatic carbocycles. The topological polar surface area (TPSA) is 0 Å². The van der Waals surface area contributed by atoms with Crippen LogP contribution in [-0.2, 0) is 0 Å². The van der Waals surface area contributed by atoms with E-state index in [0.717, 1.165) is 21.7 Å². The van der Waals surface area contributed by atoms with Crippen LogP contribution in [-0.4, -0.2) is 56.2 Å². The van der Waals surface area contributed by atoms with Gasteiger partial charge in [0.1, 0.15) is 0 Å². The second-order valence-corrected chi connectivity index (χ2v) is 9.79. The van der Waals surface area contributed by atoms with Crippen LogP contribution >= 0.6 is 97.6 Å². The van der Waals surface area contributed by atoms with E-state index in [4.69, 9.17) is 0 Å². The Balaban J connectivity index is 0. The molecule has 0 N–H and O–H groups in total. The maximum absolute atomic E-state index is 4.12. The molecule has 0 amide bonds. The number of thiol groups is 4. The van der Waals surface area contributed by atoms with Crippen LogP contribution in [0.3, 0.4) is 0 Å². The number of hydrogen-bond donors (Lipinski definition) is 4. The van der Waals surface area contributed by atoms with Crippen LogP contribution in [0.5, 0.6) is 0 Å². The molecule has 18 heavy (non-hydrogen) atoms. The fraction of sp³-hybridized carbons (Fsp3) is 1.00. The summed E-state index contributed by atoms with van der Waals surface area (Å²) in [7, 11) is 0. The van der Waals surface area contributed by atoms with E-state index >= 15 is 0 Å². The molecule has 0 heterocycles. The van der Waals surface area contributed by atoms with Crippen molar-refractivity contribution < 1.29 is 0 Å². The van der Waals surface area contributed by atoms with E-state index in [1.165, 1.54) is 34.5 Å². The second kappa shape index (κ2) is 24.8. The van der Waals surface area contributed by atoms with Crippen LogP contribution in [0.4, 0.5) is 0 Å². The van der Waals surface area contributed by atoms with Gasteiger partial charge in [-0.3, -0.25) is 0 Å². The second-order valence-electron chi connectivity index (χ2n) is 2.75. The molecule has 0 nitrogen and oxygen atoms in total. The molecule has 0 aromatic heterocycles. The summed E-state index contributed by atoms with van der Waals surface area (Å²) in [4.78, 5) is 0. The predicted octanol–water partition coefficient (Wildman–Crippen LogP) is 4.54. The molecule has 0 atom stereocenters. The SMILES string of the molecule is SCCSCCSCCS.SCSCCSCS. The highest BCUT2D eigenvalue weighted by molar-refractivity contribution is 8.12. The van der Waals surface area contributed by atoms with Gasteiger partial charge in [0.05, 0.1) is 0 Å². The minimum absolute atomic E-state index is 0.938. The summed E-state index contributed by atoms with van der Waals surface area (Å²) in [5.74, 6) is 9.31. The van der Waals surface area contributed by atoms with E-state index < -0.39 is 0 Å². The molecule has 0 aliphatic carbocycles. The summed E-state index contributed by atoms with van der Waals surface area (Å²) >= 11 is 24.0. The van der Waals surface area contributed by atoms with Crippen LogP contribution in [0.2, 0.25) is 0 Å². The van der Waals surface area contributed by atoms with Gasteiger partial charge in [0, 0.05) is 44.7 Å². The Morgan fingerprint density at radius 2 is 0.778 bits per heavy atom. The monoisotopic (exact) mass is 400 g/mol. The lowest BCUT2D eigenvalue weighted by molar-refractivity contribution is 1.47. The first-order valence-electron chi connectivity index (χ1n) is 5.57. The van der Waals surface area contributed by atoms with Gasteiger partial charge in [0.15, 0.2) is 0 Å². The Hall–Kier alpha value is 2.80. The normalized spacial score (nSPS) is 10.0. The third-order valence-corrected chi connectivity index (χ3v) is 7.38. The van der Waals surface area contributed by atoms with Crippen molar-refractivity contribution in [1.29, 1.82) is 0 Å². The Kier molecular flexibility index (Phi) is 31.8. The summed E-state index contributed by atoms with van der Waals surface area (Å²) < 4.78 is 0. The van der Waals surface area contributed by atoms with E-state index in [0.29, 0.717) is 0 Å². The molecule has 0 unspecified atom stereocenters. The number of rotatable bonds is 12. The first-order valence-corrected chi connectivity index (χ1v) is 12.7. The van der Waals surface area contributed by atoms with Gasteiger partial charge in [-0.15, -0.1) is 0 Å². The van der Waals surface area contributed by atoms with E-state index in [2.05, 4.69) is 50.5 Å². The maximum Gasteiger partial charge on any atom is 0.0362 e. The van der Waals surface area contributed by atoms with E-state index in [9.17, 15) is 0 Å². The van der Waals surface area contributed by atoms with Gasteiger partial charge in [-0.1, -0.05) is 0 Å². The molecule has 0 aliphatic rings. The highest BCUT2D eigenvalue weighted by Gasteiger charge is 1.88. The van der Waals surface area contributed by atoms with E-state index in [1.807, 2.05) is 47.0 Å². The molecule has 0 saturated heterocycles. The Morgan fingerprint density at radius 3 is 1.06 bits per heavy atom. The summed E-state index contributed by atoms with van der Waals surface area (Å²) in [5.41, 5.74) is 0. The fourth-order valence-corrected chi connectivity index (χ4v) is 5.06. The Bertz CT molecular complexity index is 110. The van der Waals surface area contributed by atoms with Crippen LogP contribution in [0, 0.1) is 0 Å². The molecule has 0 aromatic rings. The summed E-state index contributed by atoms with van der Waals surface area (Å²) in [6.45, 7) is 0.